The molecule has 1 aromatic rings. The molecule has 0 spiro atoms. The van der Waals surface area contributed by atoms with Crippen LogP contribution in [0, 0.1) is 6.92 Å². The Morgan fingerprint density at radius 3 is 2.87 bits per heavy atom. The molecule has 1 aromatic heterocycles. The van der Waals surface area contributed by atoms with Crippen molar-refractivity contribution in [2.45, 2.75) is 25.9 Å². The summed E-state index contributed by atoms with van der Waals surface area (Å²) in [5, 5.41) is 9.94. The molecule has 0 aromatic carbocycles. The second-order valence-electron chi connectivity index (χ2n) is 3.58. The van der Waals surface area contributed by atoms with Crippen LogP contribution in [-0.4, -0.2) is 21.7 Å². The number of allylic oxidation sites excluding steroid dienone is 1. The molecule has 0 saturated carbocycles. The maximum atomic E-state index is 9.94. The molecule has 1 aliphatic heterocycles. The van der Waals surface area contributed by atoms with Crippen molar-refractivity contribution in [3.63, 3.8) is 0 Å². The molecule has 0 bridgehead atoms. The lowest BCUT2D eigenvalue weighted by Gasteiger charge is -2.19. The summed E-state index contributed by atoms with van der Waals surface area (Å²) in [4.78, 5) is 8.21. The quantitative estimate of drug-likeness (QED) is 0.797. The van der Waals surface area contributed by atoms with Crippen molar-refractivity contribution in [2.24, 2.45) is 0 Å². The maximum Gasteiger partial charge on any atom is 0.154 e. The van der Waals surface area contributed by atoms with Gasteiger partial charge in [0.1, 0.15) is 5.76 Å². The van der Waals surface area contributed by atoms with Gasteiger partial charge in [0.25, 0.3) is 0 Å². The molecule has 15 heavy (non-hydrogen) atoms. The molecule has 1 aliphatic rings. The van der Waals surface area contributed by atoms with Gasteiger partial charge < -0.3 is 9.84 Å². The number of aromatic nitrogens is 2. The molecule has 1 unspecified atom stereocenters. The molecule has 0 aliphatic carbocycles. The Morgan fingerprint density at radius 1 is 1.40 bits per heavy atom. The molecule has 2 rings (SSSR count). The van der Waals surface area contributed by atoms with Gasteiger partial charge in [0.15, 0.2) is 6.10 Å². The highest BCUT2D eigenvalue weighted by Crippen LogP contribution is 2.23. The second-order valence-corrected chi connectivity index (χ2v) is 3.58. The summed E-state index contributed by atoms with van der Waals surface area (Å²) in [6, 6.07) is 0. The highest BCUT2D eigenvalue weighted by molar-refractivity contribution is 5.15. The summed E-state index contributed by atoms with van der Waals surface area (Å²) in [6.45, 7) is 2.53. The fourth-order valence-corrected chi connectivity index (χ4v) is 1.46. The summed E-state index contributed by atoms with van der Waals surface area (Å²) in [7, 11) is 0. The average Bonchev–Trinajstić information content (AvgIpc) is 2.30. The second kappa shape index (κ2) is 4.40. The summed E-state index contributed by atoms with van der Waals surface area (Å²) in [6.07, 6.45) is 6.32. The van der Waals surface area contributed by atoms with E-state index in [0.717, 1.165) is 18.5 Å². The Bertz CT molecular complexity index is 359. The van der Waals surface area contributed by atoms with Crippen LogP contribution in [0.4, 0.5) is 0 Å². The minimum atomic E-state index is -0.779. The van der Waals surface area contributed by atoms with Crippen LogP contribution in [0.25, 0.3) is 0 Å². The van der Waals surface area contributed by atoms with Crippen LogP contribution in [-0.2, 0) is 4.74 Å². The first-order chi connectivity index (χ1) is 7.27. The van der Waals surface area contributed by atoms with Gasteiger partial charge in [-0.15, -0.1) is 0 Å². The topological polar surface area (TPSA) is 55.2 Å². The van der Waals surface area contributed by atoms with Crippen molar-refractivity contribution in [2.75, 3.05) is 6.61 Å². The zero-order valence-electron chi connectivity index (χ0n) is 8.68. The number of nitrogens with zero attached hydrogens (tertiary/aromatic N) is 2. The standard InChI is InChI=1S/C11H14N2O2/c1-8-6-13-9(7-12-8)11(14)10-4-2-3-5-15-10/h4,6-7,11,14H,2-3,5H2,1H3. The smallest absolute Gasteiger partial charge is 0.154 e. The van der Waals surface area contributed by atoms with Gasteiger partial charge in [-0.25, -0.2) is 0 Å². The van der Waals surface area contributed by atoms with E-state index in [0.29, 0.717) is 18.1 Å². The third kappa shape index (κ3) is 2.33. The Morgan fingerprint density at radius 2 is 2.27 bits per heavy atom. The van der Waals surface area contributed by atoms with Gasteiger partial charge in [-0.3, -0.25) is 9.97 Å². The molecule has 1 N–H and O–H groups in total. The molecule has 0 fully saturated rings. The predicted octanol–water partition coefficient (Wildman–Crippen LogP) is 1.51. The molecule has 0 radical (unpaired) electrons. The van der Waals surface area contributed by atoms with Crippen LogP contribution in [0.5, 0.6) is 0 Å². The monoisotopic (exact) mass is 206 g/mol. The Balaban J connectivity index is 2.16. The van der Waals surface area contributed by atoms with Crippen molar-refractivity contribution >= 4 is 0 Å². The zero-order chi connectivity index (χ0) is 10.7. The Labute approximate surface area is 88.6 Å². The zero-order valence-corrected chi connectivity index (χ0v) is 8.68. The number of rotatable bonds is 2. The predicted molar refractivity (Wildman–Crippen MR) is 55.0 cm³/mol. The van der Waals surface area contributed by atoms with Crippen LogP contribution < -0.4 is 0 Å². The fraction of sp³-hybridized carbons (Fsp3) is 0.455. The number of hydrogen-bond acceptors (Lipinski definition) is 4. The minimum absolute atomic E-state index is 0.536. The SMILES string of the molecule is Cc1cnc(C(O)C2=CCCCO2)cn1. The first-order valence-corrected chi connectivity index (χ1v) is 5.07. The summed E-state index contributed by atoms with van der Waals surface area (Å²) >= 11 is 0. The van der Waals surface area contributed by atoms with Gasteiger partial charge in [0.05, 0.1) is 24.2 Å². The van der Waals surface area contributed by atoms with E-state index in [1.54, 1.807) is 12.4 Å². The van der Waals surface area contributed by atoms with Gasteiger partial charge in [-0.2, -0.15) is 0 Å². The van der Waals surface area contributed by atoms with Crippen molar-refractivity contribution in [1.82, 2.24) is 9.97 Å². The van der Waals surface area contributed by atoms with Gasteiger partial charge in [0.2, 0.25) is 0 Å². The molecule has 0 saturated heterocycles. The number of ether oxygens (including phenoxy) is 1. The van der Waals surface area contributed by atoms with Crippen molar-refractivity contribution in [3.05, 3.63) is 35.6 Å². The van der Waals surface area contributed by atoms with Crippen molar-refractivity contribution in [1.29, 1.82) is 0 Å². The number of aliphatic hydroxyl groups is 1. The van der Waals surface area contributed by atoms with E-state index in [9.17, 15) is 5.11 Å². The van der Waals surface area contributed by atoms with E-state index in [4.69, 9.17) is 4.74 Å². The molecular weight excluding hydrogens is 192 g/mol. The third-order valence-electron chi connectivity index (χ3n) is 2.31. The van der Waals surface area contributed by atoms with E-state index < -0.39 is 6.10 Å². The summed E-state index contributed by atoms with van der Waals surface area (Å²) < 4.78 is 5.37. The van der Waals surface area contributed by atoms with Crippen LogP contribution >= 0.6 is 0 Å². The first kappa shape index (κ1) is 10.1. The van der Waals surface area contributed by atoms with E-state index in [-0.39, 0.29) is 0 Å². The lowest BCUT2D eigenvalue weighted by molar-refractivity contribution is 0.0892. The molecule has 2 heterocycles. The minimum Gasteiger partial charge on any atom is -0.495 e. The number of aryl methyl sites for hydroxylation is 1. The number of hydrogen-bond donors (Lipinski definition) is 1. The average molecular weight is 206 g/mol. The maximum absolute atomic E-state index is 9.94. The highest BCUT2D eigenvalue weighted by atomic mass is 16.5. The van der Waals surface area contributed by atoms with Gasteiger partial charge in [-0.1, -0.05) is 0 Å². The Kier molecular flexibility index (Phi) is 2.97. The van der Waals surface area contributed by atoms with Crippen molar-refractivity contribution in [3.8, 4) is 0 Å². The van der Waals surface area contributed by atoms with E-state index in [1.165, 1.54) is 0 Å². The first-order valence-electron chi connectivity index (χ1n) is 5.07. The van der Waals surface area contributed by atoms with Crippen LogP contribution in [0.1, 0.15) is 30.3 Å². The van der Waals surface area contributed by atoms with Crippen molar-refractivity contribution < 1.29 is 9.84 Å². The summed E-state index contributed by atoms with van der Waals surface area (Å²) in [5.74, 6) is 0.597. The molecule has 4 nitrogen and oxygen atoms in total. The lowest BCUT2D eigenvalue weighted by atomic mass is 10.1. The van der Waals surface area contributed by atoms with Crippen LogP contribution in [0.2, 0.25) is 0 Å². The largest absolute Gasteiger partial charge is 0.495 e. The molecule has 0 amide bonds. The Hall–Kier alpha value is -1.42. The normalized spacial score (nSPS) is 17.9. The van der Waals surface area contributed by atoms with E-state index in [1.807, 2.05) is 13.0 Å². The molecule has 80 valence electrons. The van der Waals surface area contributed by atoms with E-state index >= 15 is 0 Å². The highest BCUT2D eigenvalue weighted by Gasteiger charge is 2.18. The molecule has 1 atom stereocenters. The third-order valence-corrected chi connectivity index (χ3v) is 2.31. The number of aliphatic hydroxyl groups excluding tert-OH is 1. The summed E-state index contributed by atoms with van der Waals surface area (Å²) in [5.41, 5.74) is 1.37. The fourth-order valence-electron chi connectivity index (χ4n) is 1.46. The van der Waals surface area contributed by atoms with Crippen LogP contribution in [0.15, 0.2) is 24.2 Å². The van der Waals surface area contributed by atoms with Gasteiger partial charge in [0, 0.05) is 6.20 Å². The van der Waals surface area contributed by atoms with Gasteiger partial charge in [-0.05, 0) is 25.8 Å². The molecular formula is C11H14N2O2. The van der Waals surface area contributed by atoms with E-state index in [2.05, 4.69) is 9.97 Å². The van der Waals surface area contributed by atoms with Crippen LogP contribution in [0.3, 0.4) is 0 Å². The lowest BCUT2D eigenvalue weighted by Crippen LogP contribution is -2.11. The van der Waals surface area contributed by atoms with Gasteiger partial charge >= 0.3 is 0 Å². The molecule has 4 heteroatoms.